The number of benzene rings is 2. The van der Waals surface area contributed by atoms with Crippen LogP contribution in [0, 0.1) is 17.2 Å². The molecule has 0 unspecified atom stereocenters. The van der Waals surface area contributed by atoms with E-state index in [0.29, 0.717) is 28.6 Å². The van der Waals surface area contributed by atoms with Gasteiger partial charge in [0.05, 0.1) is 23.6 Å². The fourth-order valence-electron chi connectivity index (χ4n) is 4.81. The lowest BCUT2D eigenvalue weighted by Crippen LogP contribution is -2.56. The lowest BCUT2D eigenvalue weighted by Gasteiger charge is -2.38. The molecule has 2 aromatic carbocycles. The van der Waals surface area contributed by atoms with E-state index in [-0.39, 0.29) is 31.3 Å². The van der Waals surface area contributed by atoms with Crippen molar-refractivity contribution in [1.29, 1.82) is 5.26 Å². The van der Waals surface area contributed by atoms with Gasteiger partial charge >= 0.3 is 12.0 Å². The van der Waals surface area contributed by atoms with Crippen molar-refractivity contribution in [3.05, 3.63) is 53.1 Å². The number of carboxylic acid groups (broad SMARTS) is 1. The Morgan fingerprint density at radius 2 is 2.08 bits per heavy atom. The minimum absolute atomic E-state index is 0.0570. The van der Waals surface area contributed by atoms with E-state index in [4.69, 9.17) is 14.4 Å². The monoisotopic (exact) mass is 501 g/mol. The Balaban J connectivity index is 1.37. The van der Waals surface area contributed by atoms with Crippen LogP contribution in [-0.2, 0) is 11.2 Å². The Morgan fingerprint density at radius 3 is 2.81 bits per heavy atom. The van der Waals surface area contributed by atoms with Crippen molar-refractivity contribution in [3.8, 4) is 34.7 Å². The summed E-state index contributed by atoms with van der Waals surface area (Å²) in [5, 5.41) is 25.9. The number of aliphatic carboxylic acids is 1. The quantitative estimate of drug-likeness (QED) is 0.513. The zero-order valence-electron chi connectivity index (χ0n) is 20.6. The number of nitriles is 1. The van der Waals surface area contributed by atoms with Crippen molar-refractivity contribution in [2.45, 2.75) is 45.3 Å². The van der Waals surface area contributed by atoms with Gasteiger partial charge in [-0.1, -0.05) is 23.4 Å². The second-order valence-corrected chi connectivity index (χ2v) is 9.62. The fraction of sp³-hybridized carbons (Fsp3) is 0.370. The molecule has 0 bridgehead atoms. The van der Waals surface area contributed by atoms with Crippen LogP contribution in [0.5, 0.6) is 5.75 Å². The van der Waals surface area contributed by atoms with Crippen LogP contribution in [0.4, 0.5) is 4.79 Å². The highest BCUT2D eigenvalue weighted by atomic mass is 16.5. The number of likely N-dealkylation sites (tertiary alicyclic amines) is 1. The highest BCUT2D eigenvalue weighted by molar-refractivity contribution is 5.80. The average molecular weight is 502 g/mol. The number of nitrogens with one attached hydrogen (secondary N) is 1. The largest absolute Gasteiger partial charge is 0.490 e. The van der Waals surface area contributed by atoms with E-state index in [0.717, 1.165) is 36.0 Å². The molecule has 2 aliphatic rings. The second kappa shape index (κ2) is 9.93. The predicted molar refractivity (Wildman–Crippen MR) is 133 cm³/mol. The third-order valence-corrected chi connectivity index (χ3v) is 6.70. The first-order valence-electron chi connectivity index (χ1n) is 12.3. The molecule has 1 saturated heterocycles. The third-order valence-electron chi connectivity index (χ3n) is 6.70. The molecule has 2 amide bonds. The first-order valence-corrected chi connectivity index (χ1v) is 12.3. The van der Waals surface area contributed by atoms with E-state index in [1.807, 2.05) is 32.0 Å². The van der Waals surface area contributed by atoms with Gasteiger partial charge < -0.3 is 24.6 Å². The van der Waals surface area contributed by atoms with Crippen LogP contribution in [0.15, 0.2) is 40.9 Å². The molecular weight excluding hydrogens is 474 g/mol. The van der Waals surface area contributed by atoms with Gasteiger partial charge in [0.2, 0.25) is 5.82 Å². The summed E-state index contributed by atoms with van der Waals surface area (Å²) in [5.74, 6) is -0.132. The number of nitrogens with zero attached hydrogens (tertiary/aromatic N) is 4. The normalized spacial score (nSPS) is 17.0. The van der Waals surface area contributed by atoms with Crippen LogP contribution in [0.25, 0.3) is 22.8 Å². The van der Waals surface area contributed by atoms with E-state index in [9.17, 15) is 14.9 Å². The van der Waals surface area contributed by atoms with E-state index < -0.39 is 11.9 Å². The van der Waals surface area contributed by atoms with Crippen LogP contribution < -0.4 is 10.1 Å². The molecule has 1 atom stereocenters. The van der Waals surface area contributed by atoms with Gasteiger partial charge in [-0.15, -0.1) is 0 Å². The maximum absolute atomic E-state index is 12.7. The number of carboxylic acids is 1. The van der Waals surface area contributed by atoms with Gasteiger partial charge in [-0.05, 0) is 62.4 Å². The maximum Gasteiger partial charge on any atom is 0.317 e. The standard InChI is InChI=1S/C27H27N5O5/c1-15(2)36-23-10-9-16(11-17(23)12-28)25-30-24(31-37-25)21-7-3-6-20-19(21)5-4-8-22(20)29-27(35)32-13-18(14-32)26(33)34/h3,6-7,9-11,15,18,22H,4-5,8,13-14H2,1-2H3,(H,29,35)(H,33,34)/t22-/m1/s1. The smallest absolute Gasteiger partial charge is 0.317 e. The summed E-state index contributed by atoms with van der Waals surface area (Å²) in [6.45, 7) is 4.25. The molecule has 1 fully saturated rings. The van der Waals surface area contributed by atoms with Crippen LogP contribution in [-0.4, -0.2) is 51.3 Å². The summed E-state index contributed by atoms with van der Waals surface area (Å²) in [4.78, 5) is 29.9. The Bertz CT molecular complexity index is 1390. The van der Waals surface area contributed by atoms with Crippen molar-refractivity contribution in [2.24, 2.45) is 5.92 Å². The molecule has 0 radical (unpaired) electrons. The number of hydrogen-bond acceptors (Lipinski definition) is 7. The van der Waals surface area contributed by atoms with Crippen molar-refractivity contribution < 1.29 is 24.0 Å². The lowest BCUT2D eigenvalue weighted by molar-refractivity contribution is -0.146. The number of carbonyl (C=O) groups excluding carboxylic acids is 1. The number of ether oxygens (including phenoxy) is 1. The summed E-state index contributed by atoms with van der Waals surface area (Å²) in [7, 11) is 0. The number of fused-ring (bicyclic) bond motifs is 1. The molecule has 0 spiro atoms. The Morgan fingerprint density at radius 1 is 1.27 bits per heavy atom. The number of carbonyl (C=O) groups is 2. The van der Waals surface area contributed by atoms with Crippen molar-refractivity contribution in [2.75, 3.05) is 13.1 Å². The summed E-state index contributed by atoms with van der Waals surface area (Å²) in [6, 6.07) is 12.7. The second-order valence-electron chi connectivity index (χ2n) is 9.62. The molecule has 2 N–H and O–H groups in total. The first kappa shape index (κ1) is 24.3. The van der Waals surface area contributed by atoms with Crippen LogP contribution >= 0.6 is 0 Å². The van der Waals surface area contributed by atoms with Gasteiger partial charge in [-0.3, -0.25) is 4.79 Å². The summed E-state index contributed by atoms with van der Waals surface area (Å²) < 4.78 is 11.2. The van der Waals surface area contributed by atoms with Crippen molar-refractivity contribution >= 4 is 12.0 Å². The molecule has 1 aliphatic heterocycles. The Labute approximate surface area is 213 Å². The molecule has 190 valence electrons. The molecule has 10 nitrogen and oxygen atoms in total. The molecule has 10 heteroatoms. The zero-order chi connectivity index (χ0) is 26.1. The zero-order valence-corrected chi connectivity index (χ0v) is 20.6. The lowest BCUT2D eigenvalue weighted by atomic mass is 9.84. The number of urea groups is 1. The molecule has 3 aromatic rings. The van der Waals surface area contributed by atoms with Crippen molar-refractivity contribution in [1.82, 2.24) is 20.4 Å². The molecule has 2 heterocycles. The van der Waals surface area contributed by atoms with E-state index in [1.54, 1.807) is 18.2 Å². The average Bonchev–Trinajstić information content (AvgIpc) is 3.33. The fourth-order valence-corrected chi connectivity index (χ4v) is 4.81. The van der Waals surface area contributed by atoms with Crippen molar-refractivity contribution in [3.63, 3.8) is 0 Å². The van der Waals surface area contributed by atoms with E-state index in [2.05, 4.69) is 21.5 Å². The topological polar surface area (TPSA) is 142 Å². The number of amides is 2. The summed E-state index contributed by atoms with van der Waals surface area (Å²) >= 11 is 0. The van der Waals surface area contributed by atoms with Crippen LogP contribution in [0.1, 0.15) is 49.4 Å². The van der Waals surface area contributed by atoms with Gasteiger partial charge in [-0.25, -0.2) is 4.79 Å². The Hall–Kier alpha value is -4.39. The molecule has 5 rings (SSSR count). The molecule has 1 aromatic heterocycles. The number of aromatic nitrogens is 2. The predicted octanol–water partition coefficient (Wildman–Crippen LogP) is 4.17. The molecule has 1 aliphatic carbocycles. The SMILES string of the molecule is CC(C)Oc1ccc(-c2nc(-c3cccc4c3CCC[C@H]4NC(=O)N3CC(C(=O)O)C3)no2)cc1C#N. The van der Waals surface area contributed by atoms with Crippen LogP contribution in [0.3, 0.4) is 0 Å². The van der Waals surface area contributed by atoms with Gasteiger partial charge in [0.1, 0.15) is 11.8 Å². The van der Waals surface area contributed by atoms with Crippen LogP contribution in [0.2, 0.25) is 0 Å². The maximum atomic E-state index is 12.7. The van der Waals surface area contributed by atoms with E-state index >= 15 is 0 Å². The summed E-state index contributed by atoms with van der Waals surface area (Å²) in [5.41, 5.74) is 3.90. The highest BCUT2D eigenvalue weighted by Crippen LogP contribution is 2.36. The highest BCUT2D eigenvalue weighted by Gasteiger charge is 2.37. The minimum Gasteiger partial charge on any atom is -0.490 e. The number of hydrogen-bond donors (Lipinski definition) is 2. The van der Waals surface area contributed by atoms with Gasteiger partial charge in [0.15, 0.2) is 0 Å². The summed E-state index contributed by atoms with van der Waals surface area (Å²) in [6.07, 6.45) is 2.42. The third kappa shape index (κ3) is 4.85. The Kier molecular flexibility index (Phi) is 6.53. The number of rotatable bonds is 6. The first-order chi connectivity index (χ1) is 17.8. The molecular formula is C27H27N5O5. The van der Waals surface area contributed by atoms with Gasteiger partial charge in [0.25, 0.3) is 5.89 Å². The van der Waals surface area contributed by atoms with E-state index in [1.165, 1.54) is 4.90 Å². The molecule has 0 saturated carbocycles. The van der Waals surface area contributed by atoms with Gasteiger partial charge in [-0.2, -0.15) is 10.2 Å². The van der Waals surface area contributed by atoms with Gasteiger partial charge in [0, 0.05) is 24.2 Å². The molecule has 37 heavy (non-hydrogen) atoms. The minimum atomic E-state index is -0.875.